The molecule has 1 heterocycles. The second-order valence-electron chi connectivity index (χ2n) is 5.28. The topological polar surface area (TPSA) is 32.3 Å². The lowest BCUT2D eigenvalue weighted by molar-refractivity contribution is -0.116. The number of benzene rings is 1. The van der Waals surface area contributed by atoms with E-state index in [1.54, 1.807) is 0 Å². The minimum atomic E-state index is -0.131. The molecule has 1 saturated heterocycles. The molecule has 2 rings (SSSR count). The molecule has 1 aliphatic rings. The Kier molecular flexibility index (Phi) is 4.61. The molecule has 1 unspecified atom stereocenters. The third-order valence-electron chi connectivity index (χ3n) is 3.61. The smallest absolute Gasteiger partial charge is 0.243 e. The van der Waals surface area contributed by atoms with Gasteiger partial charge in [-0.25, -0.2) is 0 Å². The highest BCUT2D eigenvalue weighted by molar-refractivity contribution is 5.86. The minimum Gasteiger partial charge on any atom is -0.371 e. The molecule has 1 amide bonds. The molecule has 1 atom stereocenters. The normalized spacial score (nSPS) is 19.0. The Bertz CT molecular complexity index is 439. The van der Waals surface area contributed by atoms with Crippen molar-refractivity contribution in [3.8, 4) is 0 Å². The molecule has 3 heteroatoms. The number of anilines is 1. The monoisotopic (exact) mass is 258 g/mol. The van der Waals surface area contributed by atoms with E-state index >= 15 is 0 Å². The van der Waals surface area contributed by atoms with Gasteiger partial charge in [0.05, 0.1) is 0 Å². The van der Waals surface area contributed by atoms with E-state index in [1.807, 2.05) is 0 Å². The highest BCUT2D eigenvalue weighted by atomic mass is 16.1. The average molecular weight is 258 g/mol. The van der Waals surface area contributed by atoms with Gasteiger partial charge < -0.3 is 10.2 Å². The number of carbonyl (C=O) groups is 1. The molecule has 0 saturated carbocycles. The molecule has 0 aromatic heterocycles. The fraction of sp³-hybridized carbons (Fsp3) is 0.438. The Morgan fingerprint density at radius 1 is 1.47 bits per heavy atom. The van der Waals surface area contributed by atoms with Crippen LogP contribution in [0.3, 0.4) is 0 Å². The van der Waals surface area contributed by atoms with Crippen LogP contribution in [-0.2, 0) is 11.3 Å². The summed E-state index contributed by atoms with van der Waals surface area (Å²) in [6.07, 6.45) is 3.91. The van der Waals surface area contributed by atoms with Crippen molar-refractivity contribution in [2.24, 2.45) is 5.92 Å². The van der Waals surface area contributed by atoms with Crippen molar-refractivity contribution in [3.05, 3.63) is 42.5 Å². The van der Waals surface area contributed by atoms with Gasteiger partial charge >= 0.3 is 0 Å². The maximum absolute atomic E-state index is 11.1. The van der Waals surface area contributed by atoms with Crippen LogP contribution in [0.4, 0.5) is 5.69 Å². The number of hydrogen-bond donors (Lipinski definition) is 1. The number of piperidine rings is 1. The lowest BCUT2D eigenvalue weighted by atomic mass is 9.99. The number of rotatable bonds is 4. The molecule has 0 radical (unpaired) electrons. The number of carbonyl (C=O) groups excluding carboxylic acids is 1. The standard InChI is InChI=1S/C16H22N2O/c1-3-16(19)17-11-14-6-8-15(9-7-14)18-10-4-5-13(2)12-18/h3,6-9,13H,1,4-5,10-12H2,2H3,(H,17,19). The molecular weight excluding hydrogens is 236 g/mol. The van der Waals surface area contributed by atoms with E-state index in [4.69, 9.17) is 0 Å². The Morgan fingerprint density at radius 2 is 2.21 bits per heavy atom. The predicted octanol–water partition coefficient (Wildman–Crippen LogP) is 2.73. The summed E-state index contributed by atoms with van der Waals surface area (Å²) in [6, 6.07) is 8.46. The summed E-state index contributed by atoms with van der Waals surface area (Å²) in [5.41, 5.74) is 2.40. The van der Waals surface area contributed by atoms with E-state index in [0.717, 1.165) is 24.6 Å². The van der Waals surface area contributed by atoms with Gasteiger partial charge in [0.2, 0.25) is 5.91 Å². The quantitative estimate of drug-likeness (QED) is 0.842. The molecule has 1 fully saturated rings. The Labute approximate surface area is 115 Å². The van der Waals surface area contributed by atoms with Crippen molar-refractivity contribution in [1.82, 2.24) is 5.32 Å². The number of nitrogens with one attached hydrogen (secondary N) is 1. The van der Waals surface area contributed by atoms with E-state index < -0.39 is 0 Å². The fourth-order valence-electron chi connectivity index (χ4n) is 2.51. The zero-order valence-corrected chi connectivity index (χ0v) is 11.6. The van der Waals surface area contributed by atoms with Crippen LogP contribution < -0.4 is 10.2 Å². The maximum atomic E-state index is 11.1. The van der Waals surface area contributed by atoms with E-state index in [1.165, 1.54) is 24.6 Å². The van der Waals surface area contributed by atoms with Crippen LogP contribution in [0, 0.1) is 5.92 Å². The summed E-state index contributed by atoms with van der Waals surface area (Å²) in [7, 11) is 0. The highest BCUT2D eigenvalue weighted by Gasteiger charge is 2.16. The van der Waals surface area contributed by atoms with Gasteiger partial charge in [-0.05, 0) is 42.5 Å². The van der Waals surface area contributed by atoms with Gasteiger partial charge in [-0.15, -0.1) is 0 Å². The molecule has 102 valence electrons. The molecule has 1 N–H and O–H groups in total. The van der Waals surface area contributed by atoms with Crippen molar-refractivity contribution in [3.63, 3.8) is 0 Å². The largest absolute Gasteiger partial charge is 0.371 e. The maximum Gasteiger partial charge on any atom is 0.243 e. The predicted molar refractivity (Wildman–Crippen MR) is 79.1 cm³/mol. The molecule has 19 heavy (non-hydrogen) atoms. The van der Waals surface area contributed by atoms with Crippen LogP contribution in [0.2, 0.25) is 0 Å². The molecular formula is C16H22N2O. The lowest BCUT2D eigenvalue weighted by Gasteiger charge is -2.32. The van der Waals surface area contributed by atoms with Gasteiger partial charge in [0.25, 0.3) is 0 Å². The van der Waals surface area contributed by atoms with E-state index in [-0.39, 0.29) is 5.91 Å². The average Bonchev–Trinajstić information content (AvgIpc) is 2.45. The van der Waals surface area contributed by atoms with Crippen molar-refractivity contribution < 1.29 is 4.79 Å². The summed E-state index contributed by atoms with van der Waals surface area (Å²) >= 11 is 0. The Balaban J connectivity index is 1.94. The second-order valence-corrected chi connectivity index (χ2v) is 5.28. The lowest BCUT2D eigenvalue weighted by Crippen LogP contribution is -2.34. The number of hydrogen-bond acceptors (Lipinski definition) is 2. The van der Waals surface area contributed by atoms with Gasteiger partial charge in [-0.2, -0.15) is 0 Å². The zero-order chi connectivity index (χ0) is 13.7. The van der Waals surface area contributed by atoms with Crippen LogP contribution in [0.25, 0.3) is 0 Å². The third-order valence-corrected chi connectivity index (χ3v) is 3.61. The van der Waals surface area contributed by atoms with Crippen molar-refractivity contribution in [2.45, 2.75) is 26.3 Å². The summed E-state index contributed by atoms with van der Waals surface area (Å²) < 4.78 is 0. The first-order chi connectivity index (χ1) is 9.19. The first kappa shape index (κ1) is 13.7. The van der Waals surface area contributed by atoms with Crippen LogP contribution in [0.1, 0.15) is 25.3 Å². The SMILES string of the molecule is C=CC(=O)NCc1ccc(N2CCCC(C)C2)cc1. The summed E-state index contributed by atoms with van der Waals surface area (Å²) in [5, 5.41) is 2.78. The van der Waals surface area contributed by atoms with Crippen LogP contribution >= 0.6 is 0 Å². The van der Waals surface area contributed by atoms with Crippen molar-refractivity contribution >= 4 is 11.6 Å². The summed E-state index contributed by atoms with van der Waals surface area (Å²) in [4.78, 5) is 13.5. The zero-order valence-electron chi connectivity index (χ0n) is 11.6. The highest BCUT2D eigenvalue weighted by Crippen LogP contribution is 2.23. The van der Waals surface area contributed by atoms with Crippen LogP contribution in [0.5, 0.6) is 0 Å². The number of nitrogens with zero attached hydrogens (tertiary/aromatic N) is 1. The van der Waals surface area contributed by atoms with E-state index in [0.29, 0.717) is 6.54 Å². The van der Waals surface area contributed by atoms with Crippen LogP contribution in [-0.4, -0.2) is 19.0 Å². The third kappa shape index (κ3) is 3.85. The second kappa shape index (κ2) is 6.41. The van der Waals surface area contributed by atoms with Crippen molar-refractivity contribution in [2.75, 3.05) is 18.0 Å². The van der Waals surface area contributed by atoms with Gasteiger partial charge in [0, 0.05) is 25.3 Å². The first-order valence-electron chi connectivity index (χ1n) is 6.93. The van der Waals surface area contributed by atoms with E-state index in [9.17, 15) is 4.79 Å². The van der Waals surface area contributed by atoms with Gasteiger partial charge in [-0.1, -0.05) is 25.6 Å². The molecule has 0 bridgehead atoms. The molecule has 1 aliphatic heterocycles. The molecule has 3 nitrogen and oxygen atoms in total. The molecule has 1 aromatic carbocycles. The van der Waals surface area contributed by atoms with Crippen molar-refractivity contribution in [1.29, 1.82) is 0 Å². The Hall–Kier alpha value is -1.77. The van der Waals surface area contributed by atoms with Crippen LogP contribution in [0.15, 0.2) is 36.9 Å². The molecule has 0 aliphatic carbocycles. The number of amides is 1. The van der Waals surface area contributed by atoms with Gasteiger partial charge in [-0.3, -0.25) is 4.79 Å². The summed E-state index contributed by atoms with van der Waals surface area (Å²) in [6.45, 7) is 8.60. The Morgan fingerprint density at radius 3 is 2.84 bits per heavy atom. The first-order valence-corrected chi connectivity index (χ1v) is 6.93. The van der Waals surface area contributed by atoms with Gasteiger partial charge in [0.15, 0.2) is 0 Å². The molecule has 1 aromatic rings. The minimum absolute atomic E-state index is 0.131. The van der Waals surface area contributed by atoms with E-state index in [2.05, 4.69) is 48.0 Å². The fourth-order valence-corrected chi connectivity index (χ4v) is 2.51. The summed E-state index contributed by atoms with van der Waals surface area (Å²) in [5.74, 6) is 0.647. The van der Waals surface area contributed by atoms with Gasteiger partial charge in [0.1, 0.15) is 0 Å². The molecule has 0 spiro atoms.